The van der Waals surface area contributed by atoms with Gasteiger partial charge < -0.3 is 19.3 Å². The van der Waals surface area contributed by atoms with Gasteiger partial charge in [0.1, 0.15) is 11.8 Å². The van der Waals surface area contributed by atoms with Gasteiger partial charge in [0.2, 0.25) is 0 Å². The molecule has 116 valence electrons. The van der Waals surface area contributed by atoms with Crippen molar-refractivity contribution in [2.75, 3.05) is 12.4 Å². The molecule has 1 saturated heterocycles. The second kappa shape index (κ2) is 6.38. The fourth-order valence-corrected chi connectivity index (χ4v) is 3.66. The smallest absolute Gasteiger partial charge is 0.327 e. The molecule has 0 bridgehead atoms. The highest BCUT2D eigenvalue weighted by Crippen LogP contribution is 2.34. The number of aryl methyl sites for hydroxylation is 1. The summed E-state index contributed by atoms with van der Waals surface area (Å²) in [6, 6.07) is 0.762. The van der Waals surface area contributed by atoms with Gasteiger partial charge in [-0.15, -0.1) is 11.8 Å². The molecule has 2 rings (SSSR count). The van der Waals surface area contributed by atoms with Crippen molar-refractivity contribution >= 4 is 23.6 Å². The second-order valence-corrected chi connectivity index (χ2v) is 6.34. The maximum Gasteiger partial charge on any atom is 0.327 e. The van der Waals surface area contributed by atoms with Crippen LogP contribution in [-0.2, 0) is 9.59 Å². The average molecular weight is 314 g/mol. The maximum absolute atomic E-state index is 12.3. The van der Waals surface area contributed by atoms with Crippen molar-refractivity contribution in [3.05, 3.63) is 11.8 Å². The number of hydrogen-bond acceptors (Lipinski definition) is 6. The largest absolute Gasteiger partial charge is 0.480 e. The van der Waals surface area contributed by atoms with Crippen molar-refractivity contribution < 1.29 is 24.0 Å². The van der Waals surface area contributed by atoms with Crippen molar-refractivity contribution in [2.45, 2.75) is 32.2 Å². The summed E-state index contributed by atoms with van der Waals surface area (Å²) in [6.45, 7) is 5.39. The molecule has 0 radical (unpaired) electrons. The van der Waals surface area contributed by atoms with Crippen molar-refractivity contribution in [3.63, 3.8) is 0 Å². The Morgan fingerprint density at radius 1 is 1.62 bits per heavy atom. The molecule has 1 aliphatic rings. The summed E-state index contributed by atoms with van der Waals surface area (Å²) in [5.74, 6) is 0.0198. The molecule has 1 aromatic rings. The van der Waals surface area contributed by atoms with Crippen LogP contribution in [0.1, 0.15) is 19.6 Å². The van der Waals surface area contributed by atoms with E-state index in [1.165, 1.54) is 16.7 Å². The second-order valence-electron chi connectivity index (χ2n) is 5.19. The van der Waals surface area contributed by atoms with E-state index in [1.807, 2.05) is 13.8 Å². The van der Waals surface area contributed by atoms with Crippen LogP contribution in [0.3, 0.4) is 0 Å². The molecule has 1 aromatic heterocycles. The quantitative estimate of drug-likeness (QED) is 0.877. The van der Waals surface area contributed by atoms with E-state index in [9.17, 15) is 14.7 Å². The number of aromatic nitrogens is 1. The van der Waals surface area contributed by atoms with Crippen LogP contribution < -0.4 is 4.74 Å². The number of thioether (sulfide) groups is 1. The zero-order valence-corrected chi connectivity index (χ0v) is 12.9. The standard InChI is InChI=1S/C13H18N2O5S/c1-7(2)12-15(9(6-21-12)13(17)18)11(16)5-19-10-4-8(3)20-14-10/h4,7,9,12H,5-6H2,1-3H3,(H,17,18). The Morgan fingerprint density at radius 2 is 2.33 bits per heavy atom. The monoisotopic (exact) mass is 314 g/mol. The van der Waals surface area contributed by atoms with Crippen LogP contribution in [0.5, 0.6) is 5.88 Å². The van der Waals surface area contributed by atoms with Crippen LogP contribution in [-0.4, -0.2) is 50.8 Å². The minimum atomic E-state index is -0.990. The van der Waals surface area contributed by atoms with Gasteiger partial charge in [-0.2, -0.15) is 0 Å². The van der Waals surface area contributed by atoms with Crippen LogP contribution in [0.2, 0.25) is 0 Å². The molecule has 2 atom stereocenters. The van der Waals surface area contributed by atoms with Gasteiger partial charge in [-0.25, -0.2) is 4.79 Å². The summed E-state index contributed by atoms with van der Waals surface area (Å²) < 4.78 is 10.1. The van der Waals surface area contributed by atoms with Gasteiger partial charge in [0, 0.05) is 11.8 Å². The molecule has 0 aromatic carbocycles. The third kappa shape index (κ3) is 3.49. The lowest BCUT2D eigenvalue weighted by molar-refractivity contribution is -0.150. The molecule has 0 saturated carbocycles. The predicted molar refractivity (Wildman–Crippen MR) is 76.1 cm³/mol. The lowest BCUT2D eigenvalue weighted by atomic mass is 10.1. The van der Waals surface area contributed by atoms with Crippen molar-refractivity contribution in [3.8, 4) is 5.88 Å². The molecule has 1 aliphatic heterocycles. The topological polar surface area (TPSA) is 92.9 Å². The molecular formula is C13H18N2O5S. The van der Waals surface area contributed by atoms with E-state index in [0.29, 0.717) is 11.5 Å². The number of aliphatic carboxylic acids is 1. The SMILES string of the molecule is Cc1cc(OCC(=O)N2C(C(=O)O)CSC2C(C)C)no1. The van der Waals surface area contributed by atoms with Crippen molar-refractivity contribution in [1.82, 2.24) is 10.1 Å². The van der Waals surface area contributed by atoms with Gasteiger partial charge in [-0.1, -0.05) is 13.8 Å². The number of carbonyl (C=O) groups excluding carboxylic acids is 1. The summed E-state index contributed by atoms with van der Waals surface area (Å²) in [5, 5.41) is 12.7. The van der Waals surface area contributed by atoms with E-state index in [-0.39, 0.29) is 29.7 Å². The summed E-state index contributed by atoms with van der Waals surface area (Å²) in [6.07, 6.45) is 0. The Bertz CT molecular complexity index is 530. The number of ether oxygens (including phenoxy) is 1. The average Bonchev–Trinajstić information content (AvgIpc) is 3.01. The lowest BCUT2D eigenvalue weighted by Gasteiger charge is -2.29. The molecule has 2 heterocycles. The van der Waals surface area contributed by atoms with Gasteiger partial charge >= 0.3 is 5.97 Å². The Balaban J connectivity index is 2.04. The Morgan fingerprint density at radius 3 is 2.86 bits per heavy atom. The van der Waals surface area contributed by atoms with Crippen LogP contribution in [0, 0.1) is 12.8 Å². The lowest BCUT2D eigenvalue weighted by Crippen LogP contribution is -2.48. The molecule has 0 aliphatic carbocycles. The molecule has 1 fully saturated rings. The Labute approximate surface area is 126 Å². The van der Waals surface area contributed by atoms with Crippen LogP contribution in [0.25, 0.3) is 0 Å². The number of hydrogen-bond donors (Lipinski definition) is 1. The number of amides is 1. The molecule has 2 unspecified atom stereocenters. The van der Waals surface area contributed by atoms with Crippen LogP contribution in [0.15, 0.2) is 10.6 Å². The molecule has 21 heavy (non-hydrogen) atoms. The van der Waals surface area contributed by atoms with Gasteiger partial charge in [-0.05, 0) is 18.0 Å². The van der Waals surface area contributed by atoms with E-state index >= 15 is 0 Å². The van der Waals surface area contributed by atoms with Gasteiger partial charge in [0.15, 0.2) is 6.61 Å². The highest BCUT2D eigenvalue weighted by atomic mass is 32.2. The van der Waals surface area contributed by atoms with Crippen molar-refractivity contribution in [1.29, 1.82) is 0 Å². The number of carboxylic acids is 1. The third-order valence-electron chi connectivity index (χ3n) is 3.13. The number of rotatable bonds is 5. The van der Waals surface area contributed by atoms with Gasteiger partial charge in [0.05, 0.1) is 5.37 Å². The molecule has 1 amide bonds. The normalized spacial score (nSPS) is 21.8. The highest BCUT2D eigenvalue weighted by Gasteiger charge is 2.42. The Hall–Kier alpha value is -1.70. The number of carbonyl (C=O) groups is 2. The number of nitrogens with zero attached hydrogens (tertiary/aromatic N) is 2. The minimum Gasteiger partial charge on any atom is -0.480 e. The van der Waals surface area contributed by atoms with E-state index in [1.54, 1.807) is 13.0 Å². The van der Waals surface area contributed by atoms with E-state index < -0.39 is 12.0 Å². The summed E-state index contributed by atoms with van der Waals surface area (Å²) in [4.78, 5) is 25.0. The van der Waals surface area contributed by atoms with Gasteiger partial charge in [-0.3, -0.25) is 4.79 Å². The zero-order valence-electron chi connectivity index (χ0n) is 12.1. The molecular weight excluding hydrogens is 296 g/mol. The first-order valence-corrected chi connectivity index (χ1v) is 7.66. The summed E-state index contributed by atoms with van der Waals surface area (Å²) >= 11 is 1.48. The minimum absolute atomic E-state index is 0.152. The first-order valence-electron chi connectivity index (χ1n) is 6.62. The highest BCUT2D eigenvalue weighted by molar-refractivity contribution is 8.00. The molecule has 8 heteroatoms. The maximum atomic E-state index is 12.3. The zero-order chi connectivity index (χ0) is 15.6. The van der Waals surface area contributed by atoms with Crippen LogP contribution >= 0.6 is 11.8 Å². The third-order valence-corrected chi connectivity index (χ3v) is 4.75. The fourth-order valence-electron chi connectivity index (χ4n) is 2.17. The summed E-state index contributed by atoms with van der Waals surface area (Å²) in [7, 11) is 0. The first kappa shape index (κ1) is 15.7. The number of carboxylic acid groups (broad SMARTS) is 1. The molecule has 1 N–H and O–H groups in total. The first-order chi connectivity index (χ1) is 9.90. The predicted octanol–water partition coefficient (Wildman–Crippen LogP) is 1.37. The van der Waals surface area contributed by atoms with Crippen molar-refractivity contribution in [2.24, 2.45) is 5.92 Å². The van der Waals surface area contributed by atoms with E-state index in [4.69, 9.17) is 9.26 Å². The summed E-state index contributed by atoms with van der Waals surface area (Å²) in [5.41, 5.74) is 0. The van der Waals surface area contributed by atoms with E-state index in [0.717, 1.165) is 0 Å². The van der Waals surface area contributed by atoms with Crippen LogP contribution in [0.4, 0.5) is 0 Å². The van der Waals surface area contributed by atoms with Gasteiger partial charge in [0.25, 0.3) is 11.8 Å². The molecule has 0 spiro atoms. The Kier molecular flexibility index (Phi) is 4.76. The fraction of sp³-hybridized carbons (Fsp3) is 0.615. The van der Waals surface area contributed by atoms with E-state index in [2.05, 4.69) is 5.16 Å². The molecule has 7 nitrogen and oxygen atoms in total.